The van der Waals surface area contributed by atoms with Crippen LogP contribution in [0.1, 0.15) is 31.0 Å². The normalized spacial score (nSPS) is 16.9. The Morgan fingerprint density at radius 3 is 2.72 bits per heavy atom. The lowest BCUT2D eigenvalue weighted by atomic mass is 9.99. The minimum Gasteiger partial charge on any atom is -0.372 e. The van der Waals surface area contributed by atoms with Crippen molar-refractivity contribution >= 4 is 21.3 Å². The van der Waals surface area contributed by atoms with E-state index in [1.165, 1.54) is 18.0 Å². The van der Waals surface area contributed by atoms with Gasteiger partial charge in [0.1, 0.15) is 12.3 Å². The Labute approximate surface area is 171 Å². The predicted molar refractivity (Wildman–Crippen MR) is 110 cm³/mol. The molecule has 2 N–H and O–H groups in total. The number of carbonyl (C=O) groups excluding carboxylic acids is 1. The Bertz CT molecular complexity index is 916. The van der Waals surface area contributed by atoms with Crippen LogP contribution in [0.4, 0.5) is 0 Å². The molecule has 158 valence electrons. The second-order valence-corrected chi connectivity index (χ2v) is 9.59. The molecule has 0 bridgehead atoms. The summed E-state index contributed by atoms with van der Waals surface area (Å²) in [7, 11) is -2.09. The molecule has 0 spiro atoms. The Morgan fingerprint density at radius 1 is 1.45 bits per heavy atom. The number of hydrogen-bond acceptors (Lipinski definition) is 7. The molecule has 1 aromatic heterocycles. The minimum absolute atomic E-state index is 0.0950. The Hall–Kier alpha value is -2.25. The zero-order valence-electron chi connectivity index (χ0n) is 16.9. The molecule has 0 fully saturated rings. The van der Waals surface area contributed by atoms with Crippen molar-refractivity contribution in [2.45, 2.75) is 24.5 Å². The van der Waals surface area contributed by atoms with Crippen molar-refractivity contribution in [2.75, 3.05) is 39.6 Å². The minimum atomic E-state index is -3.68. The highest BCUT2D eigenvalue weighted by Crippen LogP contribution is 2.25. The summed E-state index contributed by atoms with van der Waals surface area (Å²) in [6, 6.07) is 3.86. The monoisotopic (exact) mass is 421 g/mol. The van der Waals surface area contributed by atoms with Crippen LogP contribution in [-0.2, 0) is 19.4 Å². The zero-order valence-corrected chi connectivity index (χ0v) is 17.8. The molecule has 1 aliphatic heterocycles. The van der Waals surface area contributed by atoms with Gasteiger partial charge in [0.05, 0.1) is 0 Å². The van der Waals surface area contributed by atoms with Crippen molar-refractivity contribution < 1.29 is 23.2 Å². The maximum atomic E-state index is 12.0. The number of carbonyl (C=O) groups is 1. The first-order valence-corrected chi connectivity index (χ1v) is 11.1. The molecule has 2 rings (SSSR count). The number of pyridine rings is 1. The highest BCUT2D eigenvalue weighted by molar-refractivity contribution is 7.92. The molecule has 0 saturated heterocycles. The summed E-state index contributed by atoms with van der Waals surface area (Å²) in [4.78, 5) is 18.3. The summed E-state index contributed by atoms with van der Waals surface area (Å²) in [5.41, 5.74) is 4.36. The highest BCUT2D eigenvalue weighted by atomic mass is 32.2. The van der Waals surface area contributed by atoms with Gasteiger partial charge in [-0.1, -0.05) is 18.1 Å². The molecule has 0 radical (unpaired) electrons. The van der Waals surface area contributed by atoms with E-state index in [-0.39, 0.29) is 6.42 Å². The lowest BCUT2D eigenvalue weighted by molar-refractivity contribution is -0.131. The number of ether oxygens (including phenoxy) is 1. The summed E-state index contributed by atoms with van der Waals surface area (Å²) >= 11 is 0. The van der Waals surface area contributed by atoms with E-state index in [1.807, 2.05) is 12.1 Å². The Kier molecular flexibility index (Phi) is 7.93. The molecular formula is C20H27N3O5S. The molecule has 0 aromatic carbocycles. The molecule has 2 heterocycles. The quantitative estimate of drug-likeness (QED) is 0.382. The van der Waals surface area contributed by atoms with Crippen molar-refractivity contribution in [2.24, 2.45) is 0 Å². The summed E-state index contributed by atoms with van der Waals surface area (Å²) in [5.74, 6) is 4.88. The molecule has 29 heavy (non-hydrogen) atoms. The van der Waals surface area contributed by atoms with Gasteiger partial charge in [-0.3, -0.25) is 14.9 Å². The van der Waals surface area contributed by atoms with E-state index >= 15 is 0 Å². The smallest absolute Gasteiger partial charge is 0.264 e. The van der Waals surface area contributed by atoms with Crippen LogP contribution in [0.2, 0.25) is 0 Å². The fourth-order valence-electron chi connectivity index (χ4n) is 2.99. The van der Waals surface area contributed by atoms with E-state index in [4.69, 9.17) is 9.94 Å². The number of aromatic nitrogens is 1. The van der Waals surface area contributed by atoms with Gasteiger partial charge in [0, 0.05) is 39.2 Å². The third-order valence-corrected chi connectivity index (χ3v) is 7.19. The molecule has 1 aromatic rings. The fraction of sp³-hybridized carbons (Fsp3) is 0.500. The maximum Gasteiger partial charge on any atom is 0.264 e. The topological polar surface area (TPSA) is 109 Å². The molecule has 1 amide bonds. The number of hydroxylamine groups is 1. The van der Waals surface area contributed by atoms with Crippen LogP contribution < -0.4 is 5.48 Å². The van der Waals surface area contributed by atoms with Crippen molar-refractivity contribution in [3.05, 3.63) is 35.7 Å². The average Bonchev–Trinajstić information content (AvgIpc) is 2.71. The lowest BCUT2D eigenvalue weighted by Gasteiger charge is -2.31. The van der Waals surface area contributed by atoms with Gasteiger partial charge in [0.15, 0.2) is 14.6 Å². The summed E-state index contributed by atoms with van der Waals surface area (Å²) in [6.07, 6.45) is 5.77. The third-order valence-electron chi connectivity index (χ3n) is 5.17. The maximum absolute atomic E-state index is 12.0. The highest BCUT2D eigenvalue weighted by Gasteiger charge is 2.43. The predicted octanol–water partition coefficient (Wildman–Crippen LogP) is 0.867. The first-order chi connectivity index (χ1) is 13.7. The van der Waals surface area contributed by atoms with Gasteiger partial charge >= 0.3 is 0 Å². The van der Waals surface area contributed by atoms with Crippen LogP contribution in [0.3, 0.4) is 0 Å². The SMILES string of the molecule is COCC#Cc1ccc(C2=CCN(CCC(C)(C(=O)NO)S(C)(=O)=O)CC2)cn1. The number of nitrogens with zero attached hydrogens (tertiary/aromatic N) is 2. The third kappa shape index (κ3) is 5.87. The molecule has 8 nitrogen and oxygen atoms in total. The van der Waals surface area contributed by atoms with Crippen LogP contribution in [0.15, 0.2) is 24.4 Å². The van der Waals surface area contributed by atoms with Gasteiger partial charge in [-0.15, -0.1) is 0 Å². The first-order valence-electron chi connectivity index (χ1n) is 9.21. The van der Waals surface area contributed by atoms with Gasteiger partial charge in [-0.05, 0) is 42.9 Å². The second kappa shape index (κ2) is 9.98. The molecule has 1 atom stereocenters. The van der Waals surface area contributed by atoms with Crippen LogP contribution in [0.5, 0.6) is 0 Å². The standard InChI is InChI=1S/C20H27N3O5S/c1-20(19(24)22-25,29(3,26)27)10-13-23-11-8-16(9-12-23)17-6-7-18(21-15-17)5-4-14-28-2/h6-8,15,25H,9-14H2,1-3H3,(H,22,24). The largest absolute Gasteiger partial charge is 0.372 e. The van der Waals surface area contributed by atoms with E-state index in [9.17, 15) is 13.2 Å². The van der Waals surface area contributed by atoms with E-state index < -0.39 is 20.5 Å². The van der Waals surface area contributed by atoms with Crippen molar-refractivity contribution in [3.8, 4) is 11.8 Å². The van der Waals surface area contributed by atoms with Crippen molar-refractivity contribution in [3.63, 3.8) is 0 Å². The first kappa shape index (κ1) is 23.0. The summed E-state index contributed by atoms with van der Waals surface area (Å²) in [5, 5.41) is 8.90. The number of amides is 1. The fourth-order valence-corrected chi connectivity index (χ4v) is 3.83. The molecule has 1 unspecified atom stereocenters. The Morgan fingerprint density at radius 2 is 2.21 bits per heavy atom. The van der Waals surface area contributed by atoms with E-state index in [2.05, 4.69) is 27.8 Å². The number of hydrogen-bond donors (Lipinski definition) is 2. The van der Waals surface area contributed by atoms with Crippen molar-refractivity contribution in [1.29, 1.82) is 0 Å². The van der Waals surface area contributed by atoms with Crippen LogP contribution in [0.25, 0.3) is 5.57 Å². The number of nitrogens with one attached hydrogen (secondary N) is 1. The van der Waals surface area contributed by atoms with Gasteiger partial charge in [0.2, 0.25) is 0 Å². The van der Waals surface area contributed by atoms with Gasteiger partial charge in [0.25, 0.3) is 5.91 Å². The van der Waals surface area contributed by atoms with Crippen LogP contribution in [0, 0.1) is 11.8 Å². The van der Waals surface area contributed by atoms with E-state index in [1.54, 1.807) is 13.3 Å². The summed E-state index contributed by atoms with van der Waals surface area (Å²) < 4.78 is 27.3. The van der Waals surface area contributed by atoms with Gasteiger partial charge < -0.3 is 4.74 Å². The molecule has 0 saturated carbocycles. The Balaban J connectivity index is 1.99. The number of sulfone groups is 1. The van der Waals surface area contributed by atoms with Gasteiger partial charge in [-0.25, -0.2) is 18.9 Å². The number of methoxy groups -OCH3 is 1. The van der Waals surface area contributed by atoms with Gasteiger partial charge in [-0.2, -0.15) is 0 Å². The lowest BCUT2D eigenvalue weighted by Crippen LogP contribution is -2.51. The van der Waals surface area contributed by atoms with Crippen LogP contribution in [-0.4, -0.2) is 73.8 Å². The van der Waals surface area contributed by atoms with Crippen LogP contribution >= 0.6 is 0 Å². The van der Waals surface area contributed by atoms with Crippen molar-refractivity contribution in [1.82, 2.24) is 15.4 Å². The zero-order chi connectivity index (χ0) is 21.5. The second-order valence-electron chi connectivity index (χ2n) is 7.14. The molecule has 1 aliphatic rings. The molecular weight excluding hydrogens is 394 g/mol. The molecule has 0 aliphatic carbocycles. The average molecular weight is 422 g/mol. The number of rotatable bonds is 7. The van der Waals surface area contributed by atoms with E-state index in [0.717, 1.165) is 24.8 Å². The molecule has 9 heteroatoms. The van der Waals surface area contributed by atoms with E-state index in [0.29, 0.717) is 25.4 Å². The summed E-state index contributed by atoms with van der Waals surface area (Å²) in [6.45, 7) is 3.50.